The van der Waals surface area contributed by atoms with Crippen molar-refractivity contribution in [3.63, 3.8) is 0 Å². The van der Waals surface area contributed by atoms with E-state index in [9.17, 15) is 19.5 Å². The lowest BCUT2D eigenvalue weighted by molar-refractivity contribution is -0.154. The molecule has 3 saturated heterocycles. The second kappa shape index (κ2) is 10.0. The van der Waals surface area contributed by atoms with E-state index >= 15 is 0 Å². The summed E-state index contributed by atoms with van der Waals surface area (Å²) in [6, 6.07) is 4.96. The maximum absolute atomic E-state index is 14.4. The van der Waals surface area contributed by atoms with Gasteiger partial charge >= 0.3 is 5.97 Å². The molecule has 190 valence electrons. The van der Waals surface area contributed by atoms with Gasteiger partial charge in [-0.25, -0.2) is 0 Å². The van der Waals surface area contributed by atoms with E-state index in [2.05, 4.69) is 22.5 Å². The summed E-state index contributed by atoms with van der Waals surface area (Å²) in [5, 5.41) is 9.50. The van der Waals surface area contributed by atoms with Crippen LogP contribution in [0.25, 0.3) is 0 Å². The number of halogens is 1. The number of hydrogen-bond acceptors (Lipinski definition) is 6. The number of esters is 1. The zero-order valence-corrected chi connectivity index (χ0v) is 22.0. The molecular formula is C26H33BrN2O6. The monoisotopic (exact) mass is 548 g/mol. The predicted molar refractivity (Wildman–Crippen MR) is 134 cm³/mol. The number of aliphatic hydroxyl groups is 1. The molecule has 1 aromatic carbocycles. The molecule has 2 amide bonds. The molecule has 0 aliphatic carbocycles. The molecule has 1 N–H and O–H groups in total. The molecule has 6 atom stereocenters. The number of carbonyl (C=O) groups excluding carboxylic acids is 3. The first-order chi connectivity index (χ1) is 16.7. The first-order valence-electron chi connectivity index (χ1n) is 12.1. The van der Waals surface area contributed by atoms with Gasteiger partial charge in [0.05, 0.1) is 24.5 Å². The fourth-order valence-electron chi connectivity index (χ4n) is 5.99. The second-order valence-corrected chi connectivity index (χ2v) is 10.7. The SMILES string of the molecule is C=CCN(C(=O)[C@@H]1N(CCCO)C(=O)[C@H]2[C@H](C(=O)OCC)[C@H]3O[C@@]12CC3Br)c1cc(C)ccc1C. The number of likely N-dealkylation sites (tertiary alicyclic amines) is 1. The Kier molecular flexibility index (Phi) is 7.41. The standard InChI is InChI=1S/C26H33BrN2O6/c1-5-10-28(18-13-15(3)8-9-16(18)4)24(32)22-26-14-17(27)21(35-26)19(25(33)34-6-2)20(26)23(31)29(22)11-7-12-30/h5,8-9,13,17,19-22,30H,1,6-7,10-12,14H2,2-4H3/t17?,19-,20+,21-,22-,26+/m0/s1. The van der Waals surface area contributed by atoms with Crippen LogP contribution in [0, 0.1) is 25.7 Å². The highest BCUT2D eigenvalue weighted by Gasteiger charge is 2.77. The van der Waals surface area contributed by atoms with E-state index in [-0.39, 0.29) is 42.9 Å². The van der Waals surface area contributed by atoms with Crippen LogP contribution in [0.3, 0.4) is 0 Å². The number of aliphatic hydroxyl groups excluding tert-OH is 1. The number of alkyl halides is 1. The van der Waals surface area contributed by atoms with Crippen LogP contribution < -0.4 is 4.90 Å². The van der Waals surface area contributed by atoms with Crippen LogP contribution in [-0.2, 0) is 23.9 Å². The summed E-state index contributed by atoms with van der Waals surface area (Å²) in [5.41, 5.74) is 1.51. The van der Waals surface area contributed by atoms with E-state index in [0.29, 0.717) is 12.8 Å². The lowest BCUT2D eigenvalue weighted by Crippen LogP contribution is -2.57. The Morgan fingerprint density at radius 1 is 1.40 bits per heavy atom. The van der Waals surface area contributed by atoms with Gasteiger partial charge in [0, 0.05) is 30.2 Å². The van der Waals surface area contributed by atoms with Crippen molar-refractivity contribution in [2.75, 3.05) is 31.2 Å². The Hall–Kier alpha value is -2.23. The van der Waals surface area contributed by atoms with Crippen LogP contribution >= 0.6 is 15.9 Å². The van der Waals surface area contributed by atoms with Gasteiger partial charge in [-0.05, 0) is 50.8 Å². The van der Waals surface area contributed by atoms with E-state index in [1.54, 1.807) is 17.9 Å². The third kappa shape index (κ3) is 4.11. The van der Waals surface area contributed by atoms with Gasteiger partial charge in [-0.1, -0.05) is 34.1 Å². The number of nitrogens with zero attached hydrogens (tertiary/aromatic N) is 2. The molecule has 2 bridgehead atoms. The number of aryl methyl sites for hydroxylation is 2. The van der Waals surface area contributed by atoms with Gasteiger partial charge in [0.2, 0.25) is 5.91 Å². The van der Waals surface area contributed by atoms with Crippen LogP contribution in [0.5, 0.6) is 0 Å². The van der Waals surface area contributed by atoms with Crippen molar-refractivity contribution in [3.8, 4) is 0 Å². The summed E-state index contributed by atoms with van der Waals surface area (Å²) in [5.74, 6) is -2.65. The summed E-state index contributed by atoms with van der Waals surface area (Å²) in [6.45, 7) is 9.98. The minimum absolute atomic E-state index is 0.123. The molecule has 0 radical (unpaired) electrons. The number of rotatable bonds is 9. The highest BCUT2D eigenvalue weighted by atomic mass is 79.9. The van der Waals surface area contributed by atoms with E-state index in [1.807, 2.05) is 32.0 Å². The summed E-state index contributed by atoms with van der Waals surface area (Å²) < 4.78 is 11.8. The molecule has 0 aromatic heterocycles. The van der Waals surface area contributed by atoms with Crippen molar-refractivity contribution >= 4 is 39.4 Å². The third-order valence-electron chi connectivity index (χ3n) is 7.37. The normalized spacial score (nSPS) is 30.9. The van der Waals surface area contributed by atoms with Crippen LogP contribution in [0.15, 0.2) is 30.9 Å². The number of amides is 2. The molecular weight excluding hydrogens is 516 g/mol. The molecule has 3 heterocycles. The highest BCUT2D eigenvalue weighted by molar-refractivity contribution is 9.09. The van der Waals surface area contributed by atoms with Gasteiger partial charge in [0.25, 0.3) is 5.91 Å². The number of ether oxygens (including phenoxy) is 2. The maximum Gasteiger partial charge on any atom is 0.312 e. The largest absolute Gasteiger partial charge is 0.466 e. The molecule has 1 aromatic rings. The summed E-state index contributed by atoms with van der Waals surface area (Å²) in [7, 11) is 0. The van der Waals surface area contributed by atoms with Crippen molar-refractivity contribution < 1.29 is 29.0 Å². The lowest BCUT2D eigenvalue weighted by Gasteiger charge is -2.37. The molecule has 35 heavy (non-hydrogen) atoms. The van der Waals surface area contributed by atoms with Crippen LogP contribution in [0.2, 0.25) is 0 Å². The Labute approximate surface area is 214 Å². The van der Waals surface area contributed by atoms with Gasteiger partial charge in [-0.15, -0.1) is 6.58 Å². The lowest BCUT2D eigenvalue weighted by atomic mass is 9.70. The van der Waals surface area contributed by atoms with Gasteiger partial charge in [-0.3, -0.25) is 14.4 Å². The Balaban J connectivity index is 1.81. The zero-order valence-electron chi connectivity index (χ0n) is 20.4. The molecule has 4 rings (SSSR count). The summed E-state index contributed by atoms with van der Waals surface area (Å²) >= 11 is 3.65. The number of anilines is 1. The summed E-state index contributed by atoms with van der Waals surface area (Å²) in [4.78, 5) is 44.1. The quantitative estimate of drug-likeness (QED) is 0.289. The average Bonchev–Trinajstić information content (AvgIpc) is 3.41. The fourth-order valence-corrected chi connectivity index (χ4v) is 6.93. The average molecular weight is 549 g/mol. The first kappa shape index (κ1) is 25.9. The van der Waals surface area contributed by atoms with Gasteiger partial charge in [-0.2, -0.15) is 0 Å². The Morgan fingerprint density at radius 3 is 2.80 bits per heavy atom. The Bertz CT molecular complexity index is 1030. The second-order valence-electron chi connectivity index (χ2n) is 9.55. The Morgan fingerprint density at radius 2 is 2.14 bits per heavy atom. The fraction of sp³-hybridized carbons (Fsp3) is 0.577. The molecule has 1 unspecified atom stereocenters. The molecule has 3 fully saturated rings. The van der Waals surface area contributed by atoms with E-state index in [4.69, 9.17) is 9.47 Å². The van der Waals surface area contributed by atoms with Crippen molar-refractivity contribution in [3.05, 3.63) is 42.0 Å². The highest BCUT2D eigenvalue weighted by Crippen LogP contribution is 2.60. The van der Waals surface area contributed by atoms with Crippen molar-refractivity contribution in [2.24, 2.45) is 11.8 Å². The van der Waals surface area contributed by atoms with Crippen molar-refractivity contribution in [1.82, 2.24) is 4.90 Å². The minimum atomic E-state index is -1.16. The van der Waals surface area contributed by atoms with Gasteiger partial charge in [0.1, 0.15) is 11.6 Å². The smallest absolute Gasteiger partial charge is 0.312 e. The molecule has 3 aliphatic rings. The number of hydrogen-bond donors (Lipinski definition) is 1. The topological polar surface area (TPSA) is 96.4 Å². The van der Waals surface area contributed by atoms with E-state index in [0.717, 1.165) is 16.8 Å². The zero-order chi connectivity index (χ0) is 25.5. The first-order valence-corrected chi connectivity index (χ1v) is 13.0. The van der Waals surface area contributed by atoms with Crippen molar-refractivity contribution in [2.45, 2.75) is 56.2 Å². The van der Waals surface area contributed by atoms with Gasteiger partial charge in [0.15, 0.2) is 0 Å². The molecule has 1 spiro atoms. The van der Waals surface area contributed by atoms with Crippen LogP contribution in [0.1, 0.15) is 30.9 Å². The van der Waals surface area contributed by atoms with Crippen LogP contribution in [-0.4, -0.2) is 76.7 Å². The number of benzene rings is 1. The number of fused-ring (bicyclic) bond motifs is 1. The van der Waals surface area contributed by atoms with Crippen molar-refractivity contribution in [1.29, 1.82) is 0 Å². The predicted octanol–water partition coefficient (Wildman–Crippen LogP) is 2.52. The molecule has 9 heteroatoms. The van der Waals surface area contributed by atoms with Gasteiger partial charge < -0.3 is 24.4 Å². The van der Waals surface area contributed by atoms with Crippen LogP contribution in [0.4, 0.5) is 5.69 Å². The van der Waals surface area contributed by atoms with E-state index in [1.165, 1.54) is 4.90 Å². The number of carbonyl (C=O) groups is 3. The van der Waals surface area contributed by atoms with E-state index < -0.39 is 35.6 Å². The summed E-state index contributed by atoms with van der Waals surface area (Å²) in [6.07, 6.45) is 1.84. The molecule has 0 saturated carbocycles. The molecule has 3 aliphatic heterocycles. The third-order valence-corrected chi connectivity index (χ3v) is 8.22. The molecule has 8 nitrogen and oxygen atoms in total. The minimum Gasteiger partial charge on any atom is -0.466 e. The maximum atomic E-state index is 14.4.